The second-order valence-electron chi connectivity index (χ2n) is 6.26. The first kappa shape index (κ1) is 22.1. The van der Waals surface area contributed by atoms with E-state index in [-0.39, 0.29) is 12.5 Å². The summed E-state index contributed by atoms with van der Waals surface area (Å²) in [5.41, 5.74) is 5.86. The topological polar surface area (TPSA) is 129 Å². The van der Waals surface area contributed by atoms with Crippen LogP contribution in [0, 0.1) is 5.92 Å². The van der Waals surface area contributed by atoms with Crippen molar-refractivity contribution in [3.05, 3.63) is 23.8 Å². The van der Waals surface area contributed by atoms with E-state index in [1.807, 2.05) is 13.8 Å². The molecule has 150 valence electrons. The number of carbonyl (C=O) groups is 3. The van der Waals surface area contributed by atoms with Gasteiger partial charge in [0, 0.05) is 6.54 Å². The molecule has 0 spiro atoms. The van der Waals surface area contributed by atoms with Gasteiger partial charge in [0.1, 0.15) is 6.04 Å². The van der Waals surface area contributed by atoms with Crippen molar-refractivity contribution in [1.82, 2.24) is 10.6 Å². The summed E-state index contributed by atoms with van der Waals surface area (Å²) in [5.74, 6) is 0.0851. The summed E-state index contributed by atoms with van der Waals surface area (Å²) in [5, 5.41) is 4.96. The highest BCUT2D eigenvalue weighted by Crippen LogP contribution is 2.27. The number of carbonyl (C=O) groups excluding carboxylic acids is 3. The Morgan fingerprint density at radius 3 is 2.33 bits per heavy atom. The number of rotatable bonds is 10. The Morgan fingerprint density at radius 2 is 1.78 bits per heavy atom. The smallest absolute Gasteiger partial charge is 0.329 e. The second kappa shape index (κ2) is 10.9. The molecular weight excluding hydrogens is 354 g/mol. The third-order valence-corrected chi connectivity index (χ3v) is 3.59. The van der Waals surface area contributed by atoms with Gasteiger partial charge in [-0.3, -0.25) is 4.79 Å². The molecule has 0 fully saturated rings. The summed E-state index contributed by atoms with van der Waals surface area (Å²) in [6.07, 6.45) is 0.356. The number of benzene rings is 1. The molecule has 1 rings (SSSR count). The van der Waals surface area contributed by atoms with Crippen LogP contribution >= 0.6 is 0 Å². The molecule has 1 atom stereocenters. The van der Waals surface area contributed by atoms with Crippen molar-refractivity contribution in [2.75, 3.05) is 20.8 Å². The fourth-order valence-corrected chi connectivity index (χ4v) is 2.34. The summed E-state index contributed by atoms with van der Waals surface area (Å²) in [6.45, 7) is 3.55. The van der Waals surface area contributed by atoms with E-state index in [0.29, 0.717) is 17.9 Å². The van der Waals surface area contributed by atoms with E-state index in [2.05, 4.69) is 10.6 Å². The fraction of sp³-hybridized carbons (Fsp3) is 0.500. The number of primary amides is 1. The van der Waals surface area contributed by atoms with Crippen molar-refractivity contribution in [2.45, 2.75) is 32.9 Å². The fourth-order valence-electron chi connectivity index (χ4n) is 2.34. The number of methoxy groups -OCH3 is 2. The minimum Gasteiger partial charge on any atom is -0.493 e. The summed E-state index contributed by atoms with van der Waals surface area (Å²) in [7, 11) is 3.06. The first-order chi connectivity index (χ1) is 12.8. The number of nitrogens with two attached hydrogens (primary N) is 1. The predicted molar refractivity (Wildman–Crippen MR) is 98.3 cm³/mol. The van der Waals surface area contributed by atoms with Crippen molar-refractivity contribution < 1.29 is 28.6 Å². The van der Waals surface area contributed by atoms with Crippen molar-refractivity contribution in [3.8, 4) is 11.5 Å². The highest BCUT2D eigenvalue weighted by Gasteiger charge is 2.23. The van der Waals surface area contributed by atoms with Crippen LogP contribution in [0.4, 0.5) is 4.79 Å². The largest absolute Gasteiger partial charge is 0.493 e. The van der Waals surface area contributed by atoms with Gasteiger partial charge < -0.3 is 30.6 Å². The zero-order chi connectivity index (χ0) is 20.4. The van der Waals surface area contributed by atoms with Gasteiger partial charge in [0.05, 0.1) is 14.2 Å². The zero-order valence-electron chi connectivity index (χ0n) is 16.0. The van der Waals surface area contributed by atoms with Gasteiger partial charge in [-0.1, -0.05) is 19.9 Å². The second-order valence-corrected chi connectivity index (χ2v) is 6.26. The van der Waals surface area contributed by atoms with Gasteiger partial charge >= 0.3 is 12.0 Å². The van der Waals surface area contributed by atoms with Gasteiger partial charge in [0.15, 0.2) is 18.1 Å². The molecule has 0 aliphatic rings. The van der Waals surface area contributed by atoms with Gasteiger partial charge in [0.2, 0.25) is 0 Å². The van der Waals surface area contributed by atoms with Crippen LogP contribution in [0.3, 0.4) is 0 Å². The van der Waals surface area contributed by atoms with Crippen LogP contribution in [0.2, 0.25) is 0 Å². The van der Waals surface area contributed by atoms with Gasteiger partial charge in [-0.05, 0) is 30.0 Å². The molecule has 1 aromatic carbocycles. The molecular formula is C18H27N3O6. The Kier molecular flexibility index (Phi) is 8.91. The third kappa shape index (κ3) is 7.85. The van der Waals surface area contributed by atoms with E-state index < -0.39 is 30.6 Å². The van der Waals surface area contributed by atoms with Crippen LogP contribution in [-0.4, -0.2) is 44.8 Å². The van der Waals surface area contributed by atoms with E-state index in [9.17, 15) is 14.4 Å². The van der Waals surface area contributed by atoms with Crippen molar-refractivity contribution >= 4 is 17.9 Å². The van der Waals surface area contributed by atoms with E-state index in [1.54, 1.807) is 18.2 Å². The predicted octanol–water partition coefficient (Wildman–Crippen LogP) is 0.946. The molecule has 1 aromatic rings. The molecule has 0 aromatic heterocycles. The summed E-state index contributed by atoms with van der Waals surface area (Å²) in [6, 6.07) is 3.53. The molecule has 0 unspecified atom stereocenters. The van der Waals surface area contributed by atoms with Crippen LogP contribution in [0.25, 0.3) is 0 Å². The lowest BCUT2D eigenvalue weighted by Crippen LogP contribution is -2.45. The number of esters is 1. The standard InChI is InChI=1S/C18H27N3O6/c1-11(2)7-13(21-18(19)24)17(23)27-10-16(22)20-9-12-5-6-14(25-3)15(8-12)26-4/h5-6,8,11,13H,7,9-10H2,1-4H3,(H,20,22)(H3,19,21,24)/t13-/m0/s1. The normalized spacial score (nSPS) is 11.4. The van der Waals surface area contributed by atoms with Crippen LogP contribution < -0.4 is 25.8 Å². The number of nitrogens with one attached hydrogen (secondary N) is 2. The molecule has 9 heteroatoms. The number of hydrogen-bond acceptors (Lipinski definition) is 6. The van der Waals surface area contributed by atoms with Crippen LogP contribution in [-0.2, 0) is 20.9 Å². The lowest BCUT2D eigenvalue weighted by atomic mass is 10.0. The Bertz CT molecular complexity index is 662. The maximum Gasteiger partial charge on any atom is 0.329 e. The number of hydrogen-bond donors (Lipinski definition) is 3. The Labute approximate surface area is 158 Å². The third-order valence-electron chi connectivity index (χ3n) is 3.59. The maximum atomic E-state index is 12.0. The van der Waals surface area contributed by atoms with Crippen LogP contribution in [0.15, 0.2) is 18.2 Å². The molecule has 0 aliphatic carbocycles. The highest BCUT2D eigenvalue weighted by atomic mass is 16.5. The average Bonchev–Trinajstić information content (AvgIpc) is 2.62. The van der Waals surface area contributed by atoms with Crippen LogP contribution in [0.1, 0.15) is 25.8 Å². The lowest BCUT2D eigenvalue weighted by Gasteiger charge is -2.18. The molecule has 0 heterocycles. The molecule has 9 nitrogen and oxygen atoms in total. The molecule has 3 amide bonds. The van der Waals surface area contributed by atoms with Crippen molar-refractivity contribution in [3.63, 3.8) is 0 Å². The molecule has 27 heavy (non-hydrogen) atoms. The summed E-state index contributed by atoms with van der Waals surface area (Å²) < 4.78 is 15.3. The van der Waals surface area contributed by atoms with Gasteiger partial charge in [-0.15, -0.1) is 0 Å². The molecule has 0 radical (unpaired) electrons. The monoisotopic (exact) mass is 381 g/mol. The minimum absolute atomic E-state index is 0.133. The van der Waals surface area contributed by atoms with E-state index >= 15 is 0 Å². The molecule has 0 saturated heterocycles. The Balaban J connectivity index is 2.52. The van der Waals surface area contributed by atoms with E-state index in [1.165, 1.54) is 14.2 Å². The Hall–Kier alpha value is -2.97. The maximum absolute atomic E-state index is 12.0. The summed E-state index contributed by atoms with van der Waals surface area (Å²) >= 11 is 0. The minimum atomic E-state index is -0.888. The Morgan fingerprint density at radius 1 is 1.11 bits per heavy atom. The quantitative estimate of drug-likeness (QED) is 0.518. The number of urea groups is 1. The average molecular weight is 381 g/mol. The van der Waals surface area contributed by atoms with Crippen molar-refractivity contribution in [1.29, 1.82) is 0 Å². The van der Waals surface area contributed by atoms with Gasteiger partial charge in [0.25, 0.3) is 5.91 Å². The first-order valence-electron chi connectivity index (χ1n) is 8.47. The SMILES string of the molecule is COc1ccc(CNC(=O)COC(=O)[C@H](CC(C)C)NC(N)=O)cc1OC. The summed E-state index contributed by atoms with van der Waals surface area (Å²) in [4.78, 5) is 34.9. The zero-order valence-corrected chi connectivity index (χ0v) is 16.0. The number of amides is 3. The molecule has 4 N–H and O–H groups in total. The van der Waals surface area contributed by atoms with Gasteiger partial charge in [-0.2, -0.15) is 0 Å². The lowest BCUT2D eigenvalue weighted by molar-refractivity contribution is -0.150. The molecule has 0 aliphatic heterocycles. The highest BCUT2D eigenvalue weighted by molar-refractivity contribution is 5.85. The van der Waals surface area contributed by atoms with E-state index in [4.69, 9.17) is 19.9 Å². The van der Waals surface area contributed by atoms with E-state index in [0.717, 1.165) is 5.56 Å². The van der Waals surface area contributed by atoms with Crippen LogP contribution in [0.5, 0.6) is 11.5 Å². The first-order valence-corrected chi connectivity index (χ1v) is 8.47. The number of ether oxygens (including phenoxy) is 3. The van der Waals surface area contributed by atoms with Gasteiger partial charge in [-0.25, -0.2) is 9.59 Å². The van der Waals surface area contributed by atoms with Crippen molar-refractivity contribution in [2.24, 2.45) is 11.7 Å². The molecule has 0 saturated carbocycles. The molecule has 0 bridgehead atoms.